The van der Waals surface area contributed by atoms with E-state index in [0.29, 0.717) is 11.6 Å². The van der Waals surface area contributed by atoms with Gasteiger partial charge in [-0.2, -0.15) is 9.78 Å². The largest absolute Gasteiger partial charge is 0.467 e. The third kappa shape index (κ3) is 3.66. The molecule has 0 spiro atoms. The van der Waals surface area contributed by atoms with Crippen LogP contribution in [0, 0.1) is 0 Å². The van der Waals surface area contributed by atoms with Crippen LogP contribution in [0.2, 0.25) is 0 Å². The highest BCUT2D eigenvalue weighted by molar-refractivity contribution is 7.99. The summed E-state index contributed by atoms with van der Waals surface area (Å²) in [6, 6.07) is 17.0. The summed E-state index contributed by atoms with van der Waals surface area (Å²) in [6.45, 7) is 0. The van der Waals surface area contributed by atoms with E-state index in [9.17, 15) is 4.79 Å². The SMILES string of the molecule is O=C(CSc1nnnn1-c1ccccc1)N1N=C(c2cccs2)C[C@H]1c1ccco1. The Hall–Kier alpha value is -3.24. The van der Waals surface area contributed by atoms with E-state index in [1.807, 2.05) is 60.0 Å². The van der Waals surface area contributed by atoms with Gasteiger partial charge in [0.25, 0.3) is 5.91 Å². The first-order valence-corrected chi connectivity index (χ1v) is 11.1. The molecule has 1 atom stereocenters. The molecule has 0 aliphatic carbocycles. The van der Waals surface area contributed by atoms with Gasteiger partial charge >= 0.3 is 0 Å². The van der Waals surface area contributed by atoms with Crippen LogP contribution in [0.25, 0.3) is 5.69 Å². The van der Waals surface area contributed by atoms with Gasteiger partial charge < -0.3 is 4.42 Å². The molecule has 0 radical (unpaired) electrons. The number of hydrogen-bond donors (Lipinski definition) is 0. The average molecular weight is 437 g/mol. The lowest BCUT2D eigenvalue weighted by Gasteiger charge is -2.19. The van der Waals surface area contributed by atoms with Gasteiger partial charge in [0.2, 0.25) is 5.16 Å². The van der Waals surface area contributed by atoms with Crippen molar-refractivity contribution < 1.29 is 9.21 Å². The van der Waals surface area contributed by atoms with E-state index in [0.717, 1.165) is 22.0 Å². The lowest BCUT2D eigenvalue weighted by Crippen LogP contribution is -2.28. The van der Waals surface area contributed by atoms with Crippen molar-refractivity contribution in [3.05, 3.63) is 76.9 Å². The van der Waals surface area contributed by atoms with E-state index in [4.69, 9.17) is 4.42 Å². The highest BCUT2D eigenvalue weighted by Crippen LogP contribution is 2.34. The quantitative estimate of drug-likeness (QED) is 0.427. The number of tetrazole rings is 1. The number of thiophene rings is 1. The zero-order valence-electron chi connectivity index (χ0n) is 15.7. The Kier molecular flexibility index (Phi) is 5.16. The predicted octanol–water partition coefficient (Wildman–Crippen LogP) is 3.79. The van der Waals surface area contributed by atoms with Crippen molar-refractivity contribution in [1.82, 2.24) is 25.2 Å². The maximum atomic E-state index is 13.1. The minimum absolute atomic E-state index is 0.129. The molecule has 0 saturated heterocycles. The van der Waals surface area contributed by atoms with Gasteiger partial charge in [-0.05, 0) is 46.1 Å². The highest BCUT2D eigenvalue weighted by atomic mass is 32.2. The molecule has 8 nitrogen and oxygen atoms in total. The number of para-hydroxylation sites is 1. The number of hydrogen-bond acceptors (Lipinski definition) is 8. The number of thioether (sulfide) groups is 1. The fraction of sp³-hybridized carbons (Fsp3) is 0.150. The molecular weight excluding hydrogens is 420 g/mol. The number of aromatic nitrogens is 4. The van der Waals surface area contributed by atoms with E-state index in [1.54, 1.807) is 22.3 Å². The van der Waals surface area contributed by atoms with Gasteiger partial charge in [-0.1, -0.05) is 36.0 Å². The fourth-order valence-corrected chi connectivity index (χ4v) is 4.69. The van der Waals surface area contributed by atoms with Gasteiger partial charge in [0, 0.05) is 6.42 Å². The zero-order chi connectivity index (χ0) is 20.3. The molecule has 4 heterocycles. The molecule has 0 unspecified atom stereocenters. The Morgan fingerprint density at radius 2 is 2.07 bits per heavy atom. The van der Waals surface area contributed by atoms with E-state index < -0.39 is 0 Å². The summed E-state index contributed by atoms with van der Waals surface area (Å²) in [5, 5.41) is 20.5. The number of furan rings is 1. The summed E-state index contributed by atoms with van der Waals surface area (Å²) in [5.41, 5.74) is 1.73. The molecule has 1 aromatic carbocycles. The molecule has 1 aliphatic rings. The first kappa shape index (κ1) is 18.8. The number of carbonyl (C=O) groups excluding carboxylic acids is 1. The Labute approximate surface area is 180 Å². The van der Waals surface area contributed by atoms with Crippen LogP contribution < -0.4 is 0 Å². The second kappa shape index (κ2) is 8.25. The van der Waals surface area contributed by atoms with Crippen LogP contribution in [0.4, 0.5) is 0 Å². The number of nitrogens with zero attached hydrogens (tertiary/aromatic N) is 6. The monoisotopic (exact) mass is 436 g/mol. The molecule has 5 rings (SSSR count). The van der Waals surface area contributed by atoms with Crippen LogP contribution in [-0.2, 0) is 4.79 Å². The number of benzene rings is 1. The summed E-state index contributed by atoms with van der Waals surface area (Å²) < 4.78 is 7.20. The molecule has 30 heavy (non-hydrogen) atoms. The van der Waals surface area contributed by atoms with Crippen molar-refractivity contribution in [2.75, 3.05) is 5.75 Å². The molecule has 1 aliphatic heterocycles. The Morgan fingerprint density at radius 1 is 1.17 bits per heavy atom. The number of rotatable bonds is 6. The molecule has 3 aromatic heterocycles. The Balaban J connectivity index is 1.35. The first-order chi connectivity index (χ1) is 14.8. The van der Waals surface area contributed by atoms with Crippen molar-refractivity contribution in [2.24, 2.45) is 5.10 Å². The Bertz CT molecular complexity index is 1160. The molecule has 0 saturated carbocycles. The lowest BCUT2D eigenvalue weighted by atomic mass is 10.1. The topological polar surface area (TPSA) is 89.4 Å². The van der Waals surface area contributed by atoms with E-state index in [-0.39, 0.29) is 17.7 Å². The van der Waals surface area contributed by atoms with Crippen LogP contribution in [0.1, 0.15) is 23.1 Å². The molecule has 4 aromatic rings. The average Bonchev–Trinajstić information content (AvgIpc) is 3.57. The summed E-state index contributed by atoms with van der Waals surface area (Å²) in [4.78, 5) is 14.1. The minimum Gasteiger partial charge on any atom is -0.467 e. The maximum absolute atomic E-state index is 13.1. The van der Waals surface area contributed by atoms with Crippen LogP contribution >= 0.6 is 23.1 Å². The lowest BCUT2D eigenvalue weighted by molar-refractivity contribution is -0.130. The van der Waals surface area contributed by atoms with Crippen LogP contribution in [-0.4, -0.2) is 42.6 Å². The number of hydrazone groups is 1. The molecule has 150 valence electrons. The Morgan fingerprint density at radius 3 is 2.83 bits per heavy atom. The standard InChI is InChI=1S/C20H16N6O2S2/c27-19(13-30-20-21-23-24-25(20)14-6-2-1-3-7-14)26-16(17-8-4-10-28-17)12-15(22-26)18-9-5-11-29-18/h1-11,16H,12-13H2/t16-/m0/s1. The molecular formula is C20H16N6O2S2. The van der Waals surface area contributed by atoms with Crippen molar-refractivity contribution in [1.29, 1.82) is 0 Å². The van der Waals surface area contributed by atoms with Gasteiger partial charge in [-0.15, -0.1) is 16.4 Å². The zero-order valence-corrected chi connectivity index (χ0v) is 17.3. The van der Waals surface area contributed by atoms with Crippen molar-refractivity contribution in [3.63, 3.8) is 0 Å². The summed E-state index contributed by atoms with van der Waals surface area (Å²) in [5.74, 6) is 0.749. The van der Waals surface area contributed by atoms with Gasteiger partial charge in [0.15, 0.2) is 0 Å². The summed E-state index contributed by atoms with van der Waals surface area (Å²) >= 11 is 2.89. The van der Waals surface area contributed by atoms with Gasteiger partial charge in [-0.25, -0.2) is 5.01 Å². The van der Waals surface area contributed by atoms with Crippen molar-refractivity contribution in [3.8, 4) is 5.69 Å². The van der Waals surface area contributed by atoms with Crippen LogP contribution in [0.3, 0.4) is 0 Å². The fourth-order valence-electron chi connectivity index (χ4n) is 3.23. The number of carbonyl (C=O) groups is 1. The number of amides is 1. The predicted molar refractivity (Wildman–Crippen MR) is 114 cm³/mol. The van der Waals surface area contributed by atoms with Crippen LogP contribution in [0.15, 0.2) is 80.9 Å². The third-order valence-corrected chi connectivity index (χ3v) is 6.43. The van der Waals surface area contributed by atoms with Gasteiger partial charge in [0.1, 0.15) is 11.8 Å². The maximum Gasteiger partial charge on any atom is 0.253 e. The second-order valence-corrected chi connectivity index (χ2v) is 8.39. The smallest absolute Gasteiger partial charge is 0.253 e. The minimum atomic E-state index is -0.254. The molecule has 10 heteroatoms. The second-order valence-electron chi connectivity index (χ2n) is 6.50. The van der Waals surface area contributed by atoms with Gasteiger partial charge in [-0.3, -0.25) is 4.79 Å². The first-order valence-electron chi connectivity index (χ1n) is 9.23. The molecule has 0 fully saturated rings. The van der Waals surface area contributed by atoms with E-state index in [1.165, 1.54) is 16.8 Å². The van der Waals surface area contributed by atoms with E-state index in [2.05, 4.69) is 20.6 Å². The molecule has 0 N–H and O–H groups in total. The van der Waals surface area contributed by atoms with Crippen molar-refractivity contribution in [2.45, 2.75) is 17.6 Å². The third-order valence-electron chi connectivity index (χ3n) is 4.61. The molecule has 1 amide bonds. The van der Waals surface area contributed by atoms with Gasteiger partial charge in [0.05, 0.1) is 28.3 Å². The highest BCUT2D eigenvalue weighted by Gasteiger charge is 2.35. The normalized spacial score (nSPS) is 16.1. The van der Waals surface area contributed by atoms with E-state index >= 15 is 0 Å². The van der Waals surface area contributed by atoms with Crippen LogP contribution in [0.5, 0.6) is 0 Å². The molecule has 0 bridgehead atoms. The summed E-state index contributed by atoms with van der Waals surface area (Å²) in [6.07, 6.45) is 2.23. The summed E-state index contributed by atoms with van der Waals surface area (Å²) in [7, 11) is 0. The van der Waals surface area contributed by atoms with Crippen molar-refractivity contribution >= 4 is 34.7 Å².